The maximum atomic E-state index is 13.4. The summed E-state index contributed by atoms with van der Waals surface area (Å²) in [5.74, 6) is 1.27. The molecule has 2 aliphatic carbocycles. The molecule has 11 nitrogen and oxygen atoms in total. The Morgan fingerprint density at radius 1 is 1.17 bits per heavy atom. The highest BCUT2D eigenvalue weighted by Crippen LogP contribution is 2.59. The number of nitro benzene ring substituents is 2. The molecule has 0 saturated carbocycles. The Kier molecular flexibility index (Phi) is 5.60. The number of hydrogen-bond donors (Lipinski definition) is 0. The lowest BCUT2D eigenvalue weighted by Gasteiger charge is -2.42. The molecule has 0 unspecified atom stereocenters. The topological polar surface area (TPSA) is 142 Å². The minimum Gasteiger partial charge on any atom is -0.493 e. The fraction of sp³-hybridized carbons (Fsp3) is 0.333. The van der Waals surface area contributed by atoms with Crippen molar-refractivity contribution in [2.45, 2.75) is 35.7 Å². The van der Waals surface area contributed by atoms with Crippen LogP contribution in [0.1, 0.15) is 24.0 Å². The SMILES string of the molecule is COc1ccc2c3c1O[C@H]1C=CC=C(CC2)[C@@]31CCN(C)S(=O)(=O)c1ccc([N+](=O)[O-])cc1[N+](=O)[O-]. The molecule has 1 heterocycles. The molecule has 1 aliphatic heterocycles. The van der Waals surface area contributed by atoms with E-state index in [1.807, 2.05) is 30.4 Å². The van der Waals surface area contributed by atoms with E-state index >= 15 is 0 Å². The summed E-state index contributed by atoms with van der Waals surface area (Å²) in [4.78, 5) is 20.3. The van der Waals surface area contributed by atoms with Crippen molar-refractivity contribution in [1.29, 1.82) is 0 Å². The maximum absolute atomic E-state index is 13.4. The standard InChI is InChI=1S/C24H23N3O8S/c1-25(36(32,33)20-11-9-17(26(28)29)14-18(20)27(30)31)13-12-24-16-4-3-5-21(24)35-23-19(34-2)10-7-15(6-8-16)22(23)24/h3-5,7,9-11,14,21H,6,8,12-13H2,1-2H3/t21-,24+/m0/s1. The summed E-state index contributed by atoms with van der Waals surface area (Å²) in [6, 6.07) is 6.42. The van der Waals surface area contributed by atoms with Crippen molar-refractivity contribution in [2.75, 3.05) is 20.7 Å². The highest BCUT2D eigenvalue weighted by atomic mass is 32.2. The number of non-ortho nitro benzene ring substituents is 1. The van der Waals surface area contributed by atoms with Gasteiger partial charge in [0.1, 0.15) is 6.10 Å². The number of rotatable bonds is 8. The predicted molar refractivity (Wildman–Crippen MR) is 129 cm³/mol. The van der Waals surface area contributed by atoms with E-state index in [0.29, 0.717) is 24.0 Å². The quantitative estimate of drug-likeness (QED) is 0.384. The van der Waals surface area contributed by atoms with Crippen LogP contribution in [-0.4, -0.2) is 49.4 Å². The third kappa shape index (κ3) is 3.39. The molecule has 2 aromatic carbocycles. The van der Waals surface area contributed by atoms with E-state index in [1.54, 1.807) is 7.11 Å². The molecule has 0 spiro atoms. The van der Waals surface area contributed by atoms with E-state index in [4.69, 9.17) is 9.47 Å². The molecule has 2 aromatic rings. The number of methoxy groups -OCH3 is 1. The van der Waals surface area contributed by atoms with E-state index in [2.05, 4.69) is 0 Å². The summed E-state index contributed by atoms with van der Waals surface area (Å²) in [6.45, 7) is 0.0393. The fourth-order valence-electron chi connectivity index (χ4n) is 5.52. The molecule has 0 fully saturated rings. The van der Waals surface area contributed by atoms with Crippen molar-refractivity contribution in [3.63, 3.8) is 0 Å². The van der Waals surface area contributed by atoms with Gasteiger partial charge in [0.15, 0.2) is 16.4 Å². The first-order valence-corrected chi connectivity index (χ1v) is 12.7. The number of ether oxygens (including phenoxy) is 2. The van der Waals surface area contributed by atoms with Crippen LogP contribution in [0.4, 0.5) is 11.4 Å². The van der Waals surface area contributed by atoms with Gasteiger partial charge in [-0.05, 0) is 43.0 Å². The van der Waals surface area contributed by atoms with E-state index in [1.165, 1.54) is 7.05 Å². The fourth-order valence-corrected chi connectivity index (χ4v) is 6.83. The summed E-state index contributed by atoms with van der Waals surface area (Å²) in [5.41, 5.74) is 1.28. The highest BCUT2D eigenvalue weighted by Gasteiger charge is 2.55. The average Bonchev–Trinajstić information content (AvgIpc) is 3.21. The Bertz CT molecular complexity index is 1470. The van der Waals surface area contributed by atoms with Gasteiger partial charge in [-0.2, -0.15) is 0 Å². The zero-order valence-electron chi connectivity index (χ0n) is 19.5. The third-order valence-electron chi connectivity index (χ3n) is 7.28. The van der Waals surface area contributed by atoms with Crippen molar-refractivity contribution in [1.82, 2.24) is 4.31 Å². The van der Waals surface area contributed by atoms with Crippen LogP contribution in [0.3, 0.4) is 0 Å². The number of benzene rings is 2. The molecule has 188 valence electrons. The monoisotopic (exact) mass is 513 g/mol. The van der Waals surface area contributed by atoms with Gasteiger partial charge < -0.3 is 9.47 Å². The Hall–Kier alpha value is -3.77. The lowest BCUT2D eigenvalue weighted by atomic mass is 9.61. The average molecular weight is 514 g/mol. The van der Waals surface area contributed by atoms with Crippen molar-refractivity contribution in [2.24, 2.45) is 0 Å². The Morgan fingerprint density at radius 3 is 2.64 bits per heavy atom. The van der Waals surface area contributed by atoms with Crippen molar-refractivity contribution < 1.29 is 27.7 Å². The zero-order chi connectivity index (χ0) is 25.8. The molecule has 5 rings (SSSR count). The Balaban J connectivity index is 1.51. The second-order valence-corrected chi connectivity index (χ2v) is 11.0. The number of nitrogens with zero attached hydrogens (tertiary/aromatic N) is 3. The van der Waals surface area contributed by atoms with E-state index < -0.39 is 41.6 Å². The zero-order valence-corrected chi connectivity index (χ0v) is 20.4. The van der Waals surface area contributed by atoms with Crippen LogP contribution in [0.5, 0.6) is 11.5 Å². The van der Waals surface area contributed by atoms with Gasteiger partial charge >= 0.3 is 0 Å². The first kappa shape index (κ1) is 23.9. The van der Waals surface area contributed by atoms with Crippen LogP contribution >= 0.6 is 0 Å². The number of aryl methyl sites for hydroxylation is 1. The Morgan fingerprint density at radius 2 is 1.94 bits per heavy atom. The number of sulfonamides is 1. The van der Waals surface area contributed by atoms with E-state index in [9.17, 15) is 28.6 Å². The van der Waals surface area contributed by atoms with Gasteiger partial charge in [0.2, 0.25) is 10.0 Å². The Labute approximate surface area is 207 Å². The van der Waals surface area contributed by atoms with Crippen LogP contribution < -0.4 is 9.47 Å². The molecule has 0 aromatic heterocycles. The molecule has 3 aliphatic rings. The van der Waals surface area contributed by atoms with Crippen molar-refractivity contribution in [3.8, 4) is 11.5 Å². The van der Waals surface area contributed by atoms with Gasteiger partial charge in [-0.15, -0.1) is 0 Å². The van der Waals surface area contributed by atoms with E-state index in [0.717, 1.165) is 46.0 Å². The van der Waals surface area contributed by atoms with Crippen LogP contribution in [0, 0.1) is 20.2 Å². The van der Waals surface area contributed by atoms with Gasteiger partial charge in [-0.3, -0.25) is 20.2 Å². The first-order valence-electron chi connectivity index (χ1n) is 11.2. The molecule has 12 heteroatoms. The molecule has 0 amide bonds. The smallest absolute Gasteiger partial charge is 0.296 e. The number of allylic oxidation sites excluding steroid dienone is 2. The molecule has 0 bridgehead atoms. The maximum Gasteiger partial charge on any atom is 0.296 e. The van der Waals surface area contributed by atoms with Crippen LogP contribution in [0.2, 0.25) is 0 Å². The summed E-state index contributed by atoms with van der Waals surface area (Å²) in [6.07, 6.45) is 7.61. The normalized spacial score (nSPS) is 21.5. The molecule has 0 radical (unpaired) electrons. The molecule has 36 heavy (non-hydrogen) atoms. The van der Waals surface area contributed by atoms with Gasteiger partial charge in [0.05, 0.1) is 28.4 Å². The number of hydrogen-bond acceptors (Lipinski definition) is 8. The van der Waals surface area contributed by atoms with Gasteiger partial charge in [-0.1, -0.05) is 23.8 Å². The molecule has 2 atom stereocenters. The summed E-state index contributed by atoms with van der Waals surface area (Å²) in [5, 5.41) is 22.6. The summed E-state index contributed by atoms with van der Waals surface area (Å²) in [7, 11) is -1.40. The number of nitro groups is 2. The minimum atomic E-state index is -4.32. The van der Waals surface area contributed by atoms with Crippen molar-refractivity contribution >= 4 is 21.4 Å². The highest BCUT2D eigenvalue weighted by molar-refractivity contribution is 7.89. The van der Waals surface area contributed by atoms with Crippen LogP contribution in [0.25, 0.3) is 0 Å². The van der Waals surface area contributed by atoms with Gasteiger partial charge in [0.25, 0.3) is 11.4 Å². The lowest BCUT2D eigenvalue weighted by Crippen LogP contribution is -2.45. The second kappa shape index (κ2) is 8.42. The first-order chi connectivity index (χ1) is 17.1. The minimum absolute atomic E-state index is 0.0393. The van der Waals surface area contributed by atoms with E-state index in [-0.39, 0.29) is 12.6 Å². The second-order valence-electron chi connectivity index (χ2n) is 8.96. The summed E-state index contributed by atoms with van der Waals surface area (Å²) < 4.78 is 39.7. The lowest BCUT2D eigenvalue weighted by molar-refractivity contribution is -0.396. The van der Waals surface area contributed by atoms with Gasteiger partial charge in [0, 0.05) is 25.2 Å². The molecule has 0 saturated heterocycles. The van der Waals surface area contributed by atoms with Crippen molar-refractivity contribution in [3.05, 3.63) is 85.5 Å². The van der Waals surface area contributed by atoms with Gasteiger partial charge in [-0.25, -0.2) is 12.7 Å². The summed E-state index contributed by atoms with van der Waals surface area (Å²) >= 11 is 0. The van der Waals surface area contributed by atoms with Crippen LogP contribution in [0.15, 0.2) is 59.0 Å². The molecular weight excluding hydrogens is 490 g/mol. The van der Waals surface area contributed by atoms with Crippen LogP contribution in [-0.2, 0) is 21.9 Å². The molecule has 0 N–H and O–H groups in total. The predicted octanol–water partition coefficient (Wildman–Crippen LogP) is 3.66. The largest absolute Gasteiger partial charge is 0.493 e. The molecular formula is C24H23N3O8S. The third-order valence-corrected chi connectivity index (χ3v) is 9.19.